The Morgan fingerprint density at radius 2 is 2.30 bits per heavy atom. The zero-order chi connectivity index (χ0) is 16.6. The van der Waals surface area contributed by atoms with Gasteiger partial charge in [0.25, 0.3) is 0 Å². The van der Waals surface area contributed by atoms with Crippen LogP contribution in [0.1, 0.15) is 23.9 Å². The van der Waals surface area contributed by atoms with E-state index in [9.17, 15) is 9.18 Å². The Morgan fingerprint density at radius 1 is 1.52 bits per heavy atom. The van der Waals surface area contributed by atoms with E-state index in [0.29, 0.717) is 24.0 Å². The van der Waals surface area contributed by atoms with Crippen molar-refractivity contribution in [2.45, 2.75) is 19.9 Å². The van der Waals surface area contributed by atoms with Crippen LogP contribution in [0.15, 0.2) is 29.3 Å². The molecule has 1 aromatic carbocycles. The van der Waals surface area contributed by atoms with Gasteiger partial charge in [0.15, 0.2) is 5.82 Å². The molecule has 0 atom stereocenters. The lowest BCUT2D eigenvalue weighted by molar-refractivity contribution is 0.206. The number of urea groups is 1. The van der Waals surface area contributed by atoms with Gasteiger partial charge in [-0.1, -0.05) is 12.6 Å². The van der Waals surface area contributed by atoms with Crippen molar-refractivity contribution in [3.05, 3.63) is 52.0 Å². The number of hydrogen-bond acceptors (Lipinski definition) is 2. The average molecular weight is 379 g/mol. The minimum Gasteiger partial charge on any atom is -0.320 e. The predicted octanol–water partition coefficient (Wildman–Crippen LogP) is 3.93. The number of halogens is 2. The molecule has 1 aliphatic rings. The molecule has 0 bridgehead atoms. The molecular formula is C16H16BrFN4O. The summed E-state index contributed by atoms with van der Waals surface area (Å²) < 4.78 is 14.3. The number of amides is 2. The second-order valence-corrected chi connectivity index (χ2v) is 6.37. The number of fused-ring (bicyclic) bond motifs is 1. The van der Waals surface area contributed by atoms with Crippen LogP contribution in [0.25, 0.3) is 5.57 Å². The van der Waals surface area contributed by atoms with Gasteiger partial charge in [-0.3, -0.25) is 5.10 Å². The summed E-state index contributed by atoms with van der Waals surface area (Å²) in [5.74, 6) is -0.482. The van der Waals surface area contributed by atoms with Gasteiger partial charge in [0, 0.05) is 24.2 Å². The van der Waals surface area contributed by atoms with Crippen LogP contribution >= 0.6 is 15.9 Å². The van der Waals surface area contributed by atoms with Gasteiger partial charge in [0.05, 0.1) is 22.4 Å². The number of allylic oxidation sites excluding steroid dienone is 1. The predicted molar refractivity (Wildman–Crippen MR) is 90.5 cm³/mol. The summed E-state index contributed by atoms with van der Waals surface area (Å²) in [6, 6.07) is 4.46. The number of anilines is 1. The summed E-state index contributed by atoms with van der Waals surface area (Å²) >= 11 is 3.11. The molecule has 0 aliphatic carbocycles. The molecule has 5 nitrogen and oxygen atoms in total. The molecule has 1 aromatic heterocycles. The van der Waals surface area contributed by atoms with E-state index in [4.69, 9.17) is 0 Å². The molecule has 2 amide bonds. The van der Waals surface area contributed by atoms with E-state index in [0.717, 1.165) is 22.5 Å². The molecule has 0 fully saturated rings. The Hall–Kier alpha value is -2.15. The van der Waals surface area contributed by atoms with Crippen molar-refractivity contribution in [1.82, 2.24) is 15.1 Å². The van der Waals surface area contributed by atoms with E-state index in [2.05, 4.69) is 38.0 Å². The number of benzene rings is 1. The maximum Gasteiger partial charge on any atom is 0.322 e. The number of hydrogen-bond donors (Lipinski definition) is 2. The first kappa shape index (κ1) is 15.7. The number of H-pyrrole nitrogens is 1. The highest BCUT2D eigenvalue weighted by molar-refractivity contribution is 9.10. The minimum atomic E-state index is -0.482. The third kappa shape index (κ3) is 3.01. The highest BCUT2D eigenvalue weighted by atomic mass is 79.9. The number of carbonyl (C=O) groups excluding carboxylic acids is 1. The fourth-order valence-electron chi connectivity index (χ4n) is 2.62. The highest BCUT2D eigenvalue weighted by Crippen LogP contribution is 2.26. The van der Waals surface area contributed by atoms with E-state index in [1.165, 1.54) is 6.07 Å². The molecule has 0 saturated heterocycles. The summed E-state index contributed by atoms with van der Waals surface area (Å²) in [5.41, 5.74) is 3.81. The van der Waals surface area contributed by atoms with Gasteiger partial charge >= 0.3 is 6.03 Å². The second-order valence-electron chi connectivity index (χ2n) is 5.51. The van der Waals surface area contributed by atoms with Crippen molar-refractivity contribution in [2.75, 3.05) is 11.9 Å². The van der Waals surface area contributed by atoms with Crippen LogP contribution in [-0.2, 0) is 13.0 Å². The fourth-order valence-corrected chi connectivity index (χ4v) is 2.98. The normalized spacial score (nSPS) is 13.6. The number of rotatable bonds is 2. The van der Waals surface area contributed by atoms with Crippen LogP contribution in [-0.4, -0.2) is 27.7 Å². The van der Waals surface area contributed by atoms with Crippen LogP contribution in [0.5, 0.6) is 0 Å². The zero-order valence-electron chi connectivity index (χ0n) is 12.6. The van der Waals surface area contributed by atoms with Crippen molar-refractivity contribution in [3.8, 4) is 0 Å². The molecule has 23 heavy (non-hydrogen) atoms. The SMILES string of the molecule is C=C(C)c1n[nH]c2c1CN(C(=O)Nc1cccc(Br)c1F)CC2. The minimum absolute atomic E-state index is 0.155. The van der Waals surface area contributed by atoms with Gasteiger partial charge in [-0.15, -0.1) is 0 Å². The molecule has 0 unspecified atom stereocenters. The van der Waals surface area contributed by atoms with Gasteiger partial charge in [-0.25, -0.2) is 9.18 Å². The Labute approximate surface area is 141 Å². The number of nitrogens with zero attached hydrogens (tertiary/aromatic N) is 2. The van der Waals surface area contributed by atoms with Crippen molar-refractivity contribution >= 4 is 33.2 Å². The molecule has 2 aromatic rings. The number of nitrogens with one attached hydrogen (secondary N) is 2. The summed E-state index contributed by atoms with van der Waals surface area (Å²) in [4.78, 5) is 14.1. The van der Waals surface area contributed by atoms with Crippen molar-refractivity contribution in [2.24, 2.45) is 0 Å². The van der Waals surface area contributed by atoms with Gasteiger partial charge < -0.3 is 10.2 Å². The third-order valence-electron chi connectivity index (χ3n) is 3.82. The Kier molecular flexibility index (Phi) is 4.21. The lowest BCUT2D eigenvalue weighted by Crippen LogP contribution is -2.39. The molecule has 0 radical (unpaired) electrons. The molecular weight excluding hydrogens is 363 g/mol. The largest absolute Gasteiger partial charge is 0.322 e. The van der Waals surface area contributed by atoms with E-state index < -0.39 is 5.82 Å². The number of aromatic amines is 1. The monoisotopic (exact) mass is 378 g/mol. The van der Waals surface area contributed by atoms with Crippen LogP contribution in [0.2, 0.25) is 0 Å². The maximum atomic E-state index is 14.0. The highest BCUT2D eigenvalue weighted by Gasteiger charge is 2.25. The summed E-state index contributed by atoms with van der Waals surface area (Å²) in [6.07, 6.45) is 0.685. The Bertz CT molecular complexity index is 786. The van der Waals surface area contributed by atoms with Crippen LogP contribution in [0, 0.1) is 5.82 Å². The summed E-state index contributed by atoms with van der Waals surface area (Å²) in [5, 5.41) is 9.87. The maximum absolute atomic E-state index is 14.0. The van der Waals surface area contributed by atoms with Crippen LogP contribution in [0.3, 0.4) is 0 Å². The topological polar surface area (TPSA) is 61.0 Å². The molecule has 1 aliphatic heterocycles. The fraction of sp³-hybridized carbons (Fsp3) is 0.250. The summed E-state index contributed by atoms with van der Waals surface area (Å²) in [7, 11) is 0. The summed E-state index contributed by atoms with van der Waals surface area (Å²) in [6.45, 7) is 6.76. The van der Waals surface area contributed by atoms with Gasteiger partial charge in [-0.05, 0) is 40.6 Å². The molecule has 2 heterocycles. The molecule has 3 rings (SSSR count). The molecule has 120 valence electrons. The zero-order valence-corrected chi connectivity index (χ0v) is 14.2. The smallest absolute Gasteiger partial charge is 0.320 e. The first-order valence-corrected chi connectivity index (χ1v) is 7.98. The van der Waals surface area contributed by atoms with Gasteiger partial charge in [-0.2, -0.15) is 5.10 Å². The molecule has 7 heteroatoms. The van der Waals surface area contributed by atoms with Crippen molar-refractivity contribution in [3.63, 3.8) is 0 Å². The van der Waals surface area contributed by atoms with Gasteiger partial charge in [0.1, 0.15) is 0 Å². The molecule has 0 spiro atoms. The van der Waals surface area contributed by atoms with Crippen molar-refractivity contribution < 1.29 is 9.18 Å². The van der Waals surface area contributed by atoms with Crippen LogP contribution < -0.4 is 5.32 Å². The van der Waals surface area contributed by atoms with E-state index in [1.807, 2.05) is 6.92 Å². The lowest BCUT2D eigenvalue weighted by atomic mass is 10.0. The third-order valence-corrected chi connectivity index (χ3v) is 4.43. The molecule has 2 N–H and O–H groups in total. The first-order valence-electron chi connectivity index (χ1n) is 7.19. The average Bonchev–Trinajstić information content (AvgIpc) is 2.95. The Balaban J connectivity index is 1.78. The van der Waals surface area contributed by atoms with Crippen molar-refractivity contribution in [1.29, 1.82) is 0 Å². The standard InChI is InChI=1S/C16H16BrFN4O/c1-9(2)15-10-8-22(7-6-12(10)20-21-15)16(23)19-13-5-3-4-11(17)14(13)18/h3-5H,1,6-8H2,2H3,(H,19,23)(H,20,21). The van der Waals surface area contributed by atoms with E-state index >= 15 is 0 Å². The van der Waals surface area contributed by atoms with E-state index in [-0.39, 0.29) is 11.7 Å². The van der Waals surface area contributed by atoms with E-state index in [1.54, 1.807) is 17.0 Å². The molecule has 0 saturated carbocycles. The Morgan fingerprint density at radius 3 is 3.04 bits per heavy atom. The first-order chi connectivity index (χ1) is 11.0. The van der Waals surface area contributed by atoms with Crippen LogP contribution in [0.4, 0.5) is 14.9 Å². The quantitative estimate of drug-likeness (QED) is 0.831. The second kappa shape index (κ2) is 6.16. The van der Waals surface area contributed by atoms with Gasteiger partial charge in [0.2, 0.25) is 0 Å². The number of aromatic nitrogens is 2. The number of carbonyl (C=O) groups is 1. The lowest BCUT2D eigenvalue weighted by Gasteiger charge is -2.27.